The molecule has 2 unspecified atom stereocenters. The molecule has 0 saturated carbocycles. The smallest absolute Gasteiger partial charge is 0.249 e. The Morgan fingerprint density at radius 1 is 1.52 bits per heavy atom. The lowest BCUT2D eigenvalue weighted by atomic mass is 10.2. The Kier molecular flexibility index (Phi) is 4.95. The number of carbonyl (C=O) groups is 2. The van der Waals surface area contributed by atoms with Crippen LogP contribution in [0.1, 0.15) is 43.8 Å². The maximum atomic E-state index is 11.7. The lowest BCUT2D eigenvalue weighted by molar-refractivity contribution is -0.132. The van der Waals surface area contributed by atoms with Gasteiger partial charge in [-0.05, 0) is 33.7 Å². The molecule has 1 aromatic heterocycles. The van der Waals surface area contributed by atoms with Crippen LogP contribution in [0.15, 0.2) is 0 Å². The molecule has 2 rings (SSSR count). The Morgan fingerprint density at radius 2 is 2.24 bits per heavy atom. The van der Waals surface area contributed by atoms with Gasteiger partial charge in [-0.15, -0.1) is 0 Å². The Bertz CT molecular complexity index is 543. The molecule has 0 aliphatic carbocycles. The van der Waals surface area contributed by atoms with Gasteiger partial charge in [0.15, 0.2) is 5.13 Å². The summed E-state index contributed by atoms with van der Waals surface area (Å²) in [7, 11) is 0. The second kappa shape index (κ2) is 6.53. The predicted molar refractivity (Wildman–Crippen MR) is 83.5 cm³/mol. The molecular formula is C14H22N4O2S. The molecule has 2 atom stereocenters. The van der Waals surface area contributed by atoms with E-state index in [-0.39, 0.29) is 30.4 Å². The molecule has 1 saturated heterocycles. The molecule has 0 radical (unpaired) electrons. The SMILES string of the molecule is CCCNC(C)c1sc(N2CC(=O)NC(=O)C2C)nc1C. The number of rotatable bonds is 5. The lowest BCUT2D eigenvalue weighted by Crippen LogP contribution is -2.57. The van der Waals surface area contributed by atoms with E-state index in [9.17, 15) is 9.59 Å². The van der Waals surface area contributed by atoms with Crippen LogP contribution in [0, 0.1) is 6.92 Å². The van der Waals surface area contributed by atoms with Crippen molar-refractivity contribution in [1.29, 1.82) is 0 Å². The molecule has 1 fully saturated rings. The zero-order valence-electron chi connectivity index (χ0n) is 12.9. The molecule has 0 spiro atoms. The molecular weight excluding hydrogens is 288 g/mol. The van der Waals surface area contributed by atoms with Gasteiger partial charge in [-0.1, -0.05) is 18.3 Å². The maximum absolute atomic E-state index is 11.7. The average molecular weight is 310 g/mol. The van der Waals surface area contributed by atoms with Gasteiger partial charge in [0.05, 0.1) is 5.69 Å². The van der Waals surface area contributed by atoms with Gasteiger partial charge in [0.2, 0.25) is 11.8 Å². The van der Waals surface area contributed by atoms with Gasteiger partial charge < -0.3 is 10.2 Å². The predicted octanol–water partition coefficient (Wildman–Crippen LogP) is 1.36. The van der Waals surface area contributed by atoms with Crippen molar-refractivity contribution < 1.29 is 9.59 Å². The van der Waals surface area contributed by atoms with Crippen LogP contribution in [0.25, 0.3) is 0 Å². The second-order valence-electron chi connectivity index (χ2n) is 5.34. The van der Waals surface area contributed by atoms with Gasteiger partial charge in [0.1, 0.15) is 12.6 Å². The van der Waals surface area contributed by atoms with Gasteiger partial charge in [-0.2, -0.15) is 0 Å². The summed E-state index contributed by atoms with van der Waals surface area (Å²) in [6.07, 6.45) is 1.08. The number of aromatic nitrogens is 1. The van der Waals surface area contributed by atoms with E-state index in [1.54, 1.807) is 23.2 Å². The highest BCUT2D eigenvalue weighted by Gasteiger charge is 2.32. The highest BCUT2D eigenvalue weighted by molar-refractivity contribution is 7.15. The van der Waals surface area contributed by atoms with E-state index in [2.05, 4.69) is 29.5 Å². The molecule has 2 heterocycles. The third-order valence-electron chi connectivity index (χ3n) is 3.58. The molecule has 7 heteroatoms. The van der Waals surface area contributed by atoms with Crippen molar-refractivity contribution in [1.82, 2.24) is 15.6 Å². The fourth-order valence-corrected chi connectivity index (χ4v) is 3.49. The van der Waals surface area contributed by atoms with Crippen LogP contribution in [-0.4, -0.2) is 35.9 Å². The molecule has 0 bridgehead atoms. The molecule has 116 valence electrons. The summed E-state index contributed by atoms with van der Waals surface area (Å²) in [6, 6.07) is -0.152. The zero-order valence-corrected chi connectivity index (χ0v) is 13.7. The van der Waals surface area contributed by atoms with Gasteiger partial charge in [-0.25, -0.2) is 4.98 Å². The lowest BCUT2D eigenvalue weighted by Gasteiger charge is -2.31. The number of imide groups is 1. The van der Waals surface area contributed by atoms with Crippen molar-refractivity contribution in [3.05, 3.63) is 10.6 Å². The van der Waals surface area contributed by atoms with E-state index in [0.29, 0.717) is 0 Å². The number of thiazole rings is 1. The van der Waals surface area contributed by atoms with Crippen molar-refractivity contribution in [3.63, 3.8) is 0 Å². The number of aryl methyl sites for hydroxylation is 1. The molecule has 21 heavy (non-hydrogen) atoms. The first kappa shape index (κ1) is 15.9. The summed E-state index contributed by atoms with van der Waals surface area (Å²) >= 11 is 1.55. The third kappa shape index (κ3) is 3.41. The van der Waals surface area contributed by atoms with Crippen LogP contribution in [-0.2, 0) is 9.59 Å². The van der Waals surface area contributed by atoms with Crippen molar-refractivity contribution in [2.45, 2.75) is 46.2 Å². The van der Waals surface area contributed by atoms with E-state index in [1.165, 1.54) is 0 Å². The molecule has 1 aromatic rings. The van der Waals surface area contributed by atoms with Crippen LogP contribution in [0.5, 0.6) is 0 Å². The zero-order chi connectivity index (χ0) is 15.6. The quantitative estimate of drug-likeness (QED) is 0.803. The fraction of sp³-hybridized carbons (Fsp3) is 0.643. The Morgan fingerprint density at radius 3 is 2.90 bits per heavy atom. The normalized spacial score (nSPS) is 20.6. The van der Waals surface area contributed by atoms with Gasteiger partial charge in [0, 0.05) is 10.9 Å². The van der Waals surface area contributed by atoms with Gasteiger partial charge >= 0.3 is 0 Å². The summed E-state index contributed by atoms with van der Waals surface area (Å²) in [4.78, 5) is 30.8. The molecule has 0 aromatic carbocycles. The topological polar surface area (TPSA) is 74.3 Å². The van der Waals surface area contributed by atoms with Crippen LogP contribution in [0.3, 0.4) is 0 Å². The van der Waals surface area contributed by atoms with E-state index in [1.807, 2.05) is 6.92 Å². The number of nitrogens with one attached hydrogen (secondary N) is 2. The first-order chi connectivity index (χ1) is 9.93. The summed E-state index contributed by atoms with van der Waals surface area (Å²) in [6.45, 7) is 9.12. The van der Waals surface area contributed by atoms with Crippen LogP contribution >= 0.6 is 11.3 Å². The summed E-state index contributed by atoms with van der Waals surface area (Å²) in [5.74, 6) is -0.539. The number of piperazine rings is 1. The average Bonchev–Trinajstić information content (AvgIpc) is 2.82. The van der Waals surface area contributed by atoms with E-state index >= 15 is 0 Å². The minimum absolute atomic E-state index is 0.177. The molecule has 6 nitrogen and oxygen atoms in total. The standard InChI is InChI=1S/C14H22N4O2S/c1-5-6-15-8(2)12-9(3)16-14(21-12)18-7-11(19)17-13(20)10(18)4/h8,10,15H,5-7H2,1-4H3,(H,17,19,20). The monoisotopic (exact) mass is 310 g/mol. The van der Waals surface area contributed by atoms with E-state index < -0.39 is 0 Å². The number of amides is 2. The van der Waals surface area contributed by atoms with Crippen molar-refractivity contribution in [2.24, 2.45) is 0 Å². The summed E-state index contributed by atoms with van der Waals surface area (Å²) in [5, 5.41) is 6.53. The Hall–Kier alpha value is -1.47. The molecule has 1 aliphatic heterocycles. The van der Waals surface area contributed by atoms with E-state index in [0.717, 1.165) is 28.7 Å². The van der Waals surface area contributed by atoms with Crippen molar-refractivity contribution >= 4 is 28.3 Å². The minimum Gasteiger partial charge on any atom is -0.327 e. The van der Waals surface area contributed by atoms with Crippen molar-refractivity contribution in [2.75, 3.05) is 18.0 Å². The first-order valence-electron chi connectivity index (χ1n) is 7.25. The van der Waals surface area contributed by atoms with E-state index in [4.69, 9.17) is 0 Å². The number of hydrogen-bond donors (Lipinski definition) is 2. The summed E-state index contributed by atoms with van der Waals surface area (Å²) < 4.78 is 0. The van der Waals surface area contributed by atoms with Crippen molar-refractivity contribution in [3.8, 4) is 0 Å². The first-order valence-corrected chi connectivity index (χ1v) is 8.06. The summed E-state index contributed by atoms with van der Waals surface area (Å²) in [5.41, 5.74) is 0.955. The highest BCUT2D eigenvalue weighted by Crippen LogP contribution is 2.32. The van der Waals surface area contributed by atoms with Gasteiger partial charge in [0.25, 0.3) is 0 Å². The largest absolute Gasteiger partial charge is 0.327 e. The Balaban J connectivity index is 2.21. The number of nitrogens with zero attached hydrogens (tertiary/aromatic N) is 2. The second-order valence-corrected chi connectivity index (χ2v) is 6.35. The van der Waals surface area contributed by atoms with Crippen LogP contribution in [0.4, 0.5) is 5.13 Å². The van der Waals surface area contributed by atoms with Crippen LogP contribution in [0.2, 0.25) is 0 Å². The Labute approximate surface area is 128 Å². The molecule has 1 aliphatic rings. The number of carbonyl (C=O) groups excluding carboxylic acids is 2. The van der Waals surface area contributed by atoms with Crippen LogP contribution < -0.4 is 15.5 Å². The molecule has 2 amide bonds. The fourth-order valence-electron chi connectivity index (χ4n) is 2.32. The third-order valence-corrected chi connectivity index (χ3v) is 4.96. The number of anilines is 1. The number of hydrogen-bond acceptors (Lipinski definition) is 6. The van der Waals surface area contributed by atoms with Gasteiger partial charge in [-0.3, -0.25) is 14.9 Å². The maximum Gasteiger partial charge on any atom is 0.249 e. The minimum atomic E-state index is -0.375. The highest BCUT2D eigenvalue weighted by atomic mass is 32.1. The molecule has 2 N–H and O–H groups in total.